The number of carbonyl (C=O) groups excluding carboxylic acids is 3. The molecule has 1 aromatic carbocycles. The molecule has 0 unspecified atom stereocenters. The molecule has 1 aromatic heterocycles. The Labute approximate surface area is 180 Å². The van der Waals surface area contributed by atoms with Crippen molar-refractivity contribution in [2.75, 3.05) is 13.7 Å². The number of aromatic nitrogens is 2. The number of likely N-dealkylation sites (tertiary alicyclic amines) is 1. The number of ether oxygens (including phenoxy) is 1. The Morgan fingerprint density at radius 2 is 1.81 bits per heavy atom. The average molecular weight is 422 g/mol. The van der Waals surface area contributed by atoms with Crippen LogP contribution in [0.4, 0.5) is 0 Å². The number of methoxy groups -OCH3 is 1. The summed E-state index contributed by atoms with van der Waals surface area (Å²) >= 11 is 0. The third-order valence-corrected chi connectivity index (χ3v) is 6.03. The maximum Gasteiger partial charge on any atom is 0.233 e. The lowest BCUT2D eigenvalue weighted by molar-refractivity contribution is -0.140. The van der Waals surface area contributed by atoms with E-state index < -0.39 is 6.04 Å². The zero-order valence-electron chi connectivity index (χ0n) is 17.7. The highest BCUT2D eigenvalue weighted by Gasteiger charge is 2.46. The number of imidazole rings is 1. The van der Waals surface area contributed by atoms with E-state index in [4.69, 9.17) is 4.74 Å². The maximum absolute atomic E-state index is 12.8. The molecule has 8 heteroatoms. The summed E-state index contributed by atoms with van der Waals surface area (Å²) in [7, 11) is 3.46. The van der Waals surface area contributed by atoms with Gasteiger partial charge in [-0.25, -0.2) is 4.98 Å². The molecule has 0 saturated carbocycles. The molecule has 0 bridgehead atoms. The van der Waals surface area contributed by atoms with E-state index in [1.165, 1.54) is 4.90 Å². The van der Waals surface area contributed by atoms with Crippen molar-refractivity contribution in [2.45, 2.75) is 25.3 Å². The summed E-state index contributed by atoms with van der Waals surface area (Å²) in [6.07, 6.45) is 8.63. The highest BCUT2D eigenvalue weighted by Crippen LogP contribution is 2.35. The van der Waals surface area contributed by atoms with Crippen LogP contribution in [0.3, 0.4) is 0 Å². The van der Waals surface area contributed by atoms with Crippen molar-refractivity contribution in [2.24, 2.45) is 18.9 Å². The zero-order chi connectivity index (χ0) is 22.0. The fraction of sp³-hybridized carbons (Fsp3) is 0.391. The molecule has 8 nitrogen and oxygen atoms in total. The van der Waals surface area contributed by atoms with Gasteiger partial charge in [-0.2, -0.15) is 0 Å². The number of nitrogens with one attached hydrogen (secondary N) is 1. The molecule has 2 heterocycles. The normalized spacial score (nSPS) is 21.2. The first-order valence-electron chi connectivity index (χ1n) is 10.4. The van der Waals surface area contributed by atoms with Gasteiger partial charge in [0.15, 0.2) is 0 Å². The van der Waals surface area contributed by atoms with Crippen LogP contribution in [0.25, 0.3) is 0 Å². The van der Waals surface area contributed by atoms with Crippen molar-refractivity contribution in [3.63, 3.8) is 0 Å². The third-order valence-electron chi connectivity index (χ3n) is 6.03. The molecule has 1 aliphatic heterocycles. The van der Waals surface area contributed by atoms with E-state index in [1.54, 1.807) is 13.3 Å². The molecular weight excluding hydrogens is 396 g/mol. The van der Waals surface area contributed by atoms with Crippen LogP contribution >= 0.6 is 0 Å². The highest BCUT2D eigenvalue weighted by atomic mass is 16.5. The van der Waals surface area contributed by atoms with Crippen LogP contribution in [0.2, 0.25) is 0 Å². The van der Waals surface area contributed by atoms with E-state index in [9.17, 15) is 14.4 Å². The van der Waals surface area contributed by atoms with Crippen LogP contribution < -0.4 is 10.1 Å². The molecular formula is C23H26N4O4. The fourth-order valence-electron chi connectivity index (χ4n) is 4.28. The van der Waals surface area contributed by atoms with Crippen molar-refractivity contribution in [3.05, 3.63) is 60.2 Å². The van der Waals surface area contributed by atoms with Crippen molar-refractivity contribution < 1.29 is 19.1 Å². The first-order valence-corrected chi connectivity index (χ1v) is 10.4. The minimum absolute atomic E-state index is 0.0431. The number of rotatable bonds is 7. The standard InChI is InChI=1S/C23H26N4O4/c1-26-14-12-24-21(26)20(15-7-9-16(31-2)10-8-15)25-19(28)11-13-27-22(29)17-5-3-4-6-18(17)23(27)30/h3-4,7-10,12,14,17-18,20H,5-6,11,13H2,1-2H3,(H,25,28)/t17-,18+,20-/m1/s1. The molecule has 1 N–H and O–H groups in total. The molecule has 2 aliphatic rings. The Morgan fingerprint density at radius 1 is 1.16 bits per heavy atom. The molecule has 1 aliphatic carbocycles. The Morgan fingerprint density at radius 3 is 2.35 bits per heavy atom. The number of fused-ring (bicyclic) bond motifs is 1. The Hall–Kier alpha value is -3.42. The number of hydrogen-bond acceptors (Lipinski definition) is 5. The lowest BCUT2D eigenvalue weighted by Gasteiger charge is -2.20. The van der Waals surface area contributed by atoms with E-state index in [1.807, 2.05) is 54.2 Å². The van der Waals surface area contributed by atoms with Gasteiger partial charge in [-0.15, -0.1) is 0 Å². The maximum atomic E-state index is 12.8. The average Bonchev–Trinajstić information content (AvgIpc) is 3.32. The van der Waals surface area contributed by atoms with Crippen molar-refractivity contribution in [1.29, 1.82) is 0 Å². The van der Waals surface area contributed by atoms with E-state index in [0.29, 0.717) is 18.7 Å². The number of amides is 3. The number of nitrogens with zero attached hydrogens (tertiary/aromatic N) is 3. The number of hydrogen-bond donors (Lipinski definition) is 1. The van der Waals surface area contributed by atoms with Crippen LogP contribution in [0, 0.1) is 11.8 Å². The summed E-state index contributed by atoms with van der Waals surface area (Å²) < 4.78 is 7.07. The summed E-state index contributed by atoms with van der Waals surface area (Å²) in [5.41, 5.74) is 0.855. The van der Waals surface area contributed by atoms with Gasteiger partial charge in [0.05, 0.1) is 18.9 Å². The molecule has 2 aromatic rings. The first-order chi connectivity index (χ1) is 15.0. The lowest BCUT2D eigenvalue weighted by Crippen LogP contribution is -2.37. The summed E-state index contributed by atoms with van der Waals surface area (Å²) in [6.45, 7) is 0.0897. The molecule has 0 radical (unpaired) electrons. The van der Waals surface area contributed by atoms with Crippen LogP contribution in [0.1, 0.15) is 36.7 Å². The van der Waals surface area contributed by atoms with E-state index >= 15 is 0 Å². The molecule has 1 saturated heterocycles. The number of carbonyl (C=O) groups is 3. The number of aryl methyl sites for hydroxylation is 1. The summed E-state index contributed by atoms with van der Waals surface area (Å²) in [5.74, 6) is 0.267. The molecule has 1 fully saturated rings. The van der Waals surface area contributed by atoms with Crippen molar-refractivity contribution in [3.8, 4) is 5.75 Å². The lowest BCUT2D eigenvalue weighted by atomic mass is 9.85. The highest BCUT2D eigenvalue weighted by molar-refractivity contribution is 6.05. The van der Waals surface area contributed by atoms with Crippen LogP contribution in [0.5, 0.6) is 5.75 Å². The smallest absolute Gasteiger partial charge is 0.233 e. The summed E-state index contributed by atoms with van der Waals surface area (Å²) in [4.78, 5) is 43.7. The number of benzene rings is 1. The van der Waals surface area contributed by atoms with E-state index in [0.717, 1.165) is 11.3 Å². The van der Waals surface area contributed by atoms with Gasteiger partial charge in [0, 0.05) is 32.4 Å². The van der Waals surface area contributed by atoms with Gasteiger partial charge in [0.2, 0.25) is 17.7 Å². The van der Waals surface area contributed by atoms with Gasteiger partial charge in [-0.05, 0) is 30.5 Å². The fourth-order valence-corrected chi connectivity index (χ4v) is 4.28. The van der Waals surface area contributed by atoms with Crippen molar-refractivity contribution in [1.82, 2.24) is 19.8 Å². The van der Waals surface area contributed by atoms with Gasteiger partial charge in [0.1, 0.15) is 17.6 Å². The summed E-state index contributed by atoms with van der Waals surface area (Å²) in [5, 5.41) is 3.01. The van der Waals surface area contributed by atoms with E-state index in [-0.39, 0.29) is 42.5 Å². The van der Waals surface area contributed by atoms with Gasteiger partial charge in [-0.3, -0.25) is 19.3 Å². The van der Waals surface area contributed by atoms with Gasteiger partial charge in [0.25, 0.3) is 0 Å². The molecule has 4 rings (SSSR count). The zero-order valence-corrected chi connectivity index (χ0v) is 17.7. The molecule has 31 heavy (non-hydrogen) atoms. The minimum Gasteiger partial charge on any atom is -0.497 e. The summed E-state index contributed by atoms with van der Waals surface area (Å²) in [6, 6.07) is 6.95. The number of imide groups is 1. The monoisotopic (exact) mass is 422 g/mol. The van der Waals surface area contributed by atoms with Crippen LogP contribution in [-0.2, 0) is 21.4 Å². The van der Waals surface area contributed by atoms with Gasteiger partial charge < -0.3 is 14.6 Å². The SMILES string of the molecule is COc1ccc([C@@H](NC(=O)CCN2C(=O)[C@H]3CC=CC[C@H]3C2=O)c2nccn2C)cc1. The number of allylic oxidation sites excluding steroid dienone is 2. The quantitative estimate of drug-likeness (QED) is 0.544. The Balaban J connectivity index is 1.45. The first kappa shape index (κ1) is 20.8. The predicted octanol–water partition coefficient (Wildman–Crippen LogP) is 1.98. The van der Waals surface area contributed by atoms with Crippen LogP contribution in [0.15, 0.2) is 48.8 Å². The second-order valence-corrected chi connectivity index (χ2v) is 7.90. The van der Waals surface area contributed by atoms with Crippen LogP contribution in [-0.4, -0.2) is 45.8 Å². The molecule has 3 atom stereocenters. The predicted molar refractivity (Wildman–Crippen MR) is 113 cm³/mol. The second-order valence-electron chi connectivity index (χ2n) is 7.90. The van der Waals surface area contributed by atoms with Gasteiger partial charge in [-0.1, -0.05) is 24.3 Å². The molecule has 0 spiro atoms. The minimum atomic E-state index is -0.463. The van der Waals surface area contributed by atoms with Crippen molar-refractivity contribution >= 4 is 17.7 Å². The Kier molecular flexibility index (Phi) is 5.88. The Bertz CT molecular complexity index is 985. The largest absolute Gasteiger partial charge is 0.497 e. The molecule has 162 valence electrons. The molecule has 3 amide bonds. The second kappa shape index (κ2) is 8.75. The third kappa shape index (κ3) is 4.10. The van der Waals surface area contributed by atoms with Gasteiger partial charge >= 0.3 is 0 Å². The van der Waals surface area contributed by atoms with E-state index in [2.05, 4.69) is 10.3 Å². The topological polar surface area (TPSA) is 93.5 Å².